The largest absolute Gasteiger partial charge is 0.247 e. The van der Waals surface area contributed by atoms with Gasteiger partial charge in [0.2, 0.25) is 7.38 Å². The first-order chi connectivity index (χ1) is 11.8. The Hall–Kier alpha value is -2.35. The fourth-order valence-electron chi connectivity index (χ4n) is 3.24. The highest BCUT2D eigenvalue weighted by molar-refractivity contribution is 7.40. The molecule has 0 fully saturated rings. The van der Waals surface area contributed by atoms with Gasteiger partial charge in [-0.05, 0) is 26.3 Å². The van der Waals surface area contributed by atoms with Gasteiger partial charge < -0.3 is 0 Å². The fourth-order valence-corrected chi connectivity index (χ4v) is 7.32. The van der Waals surface area contributed by atoms with E-state index in [1.807, 2.05) is 12.1 Å². The van der Waals surface area contributed by atoms with Crippen molar-refractivity contribution in [2.75, 3.05) is 0 Å². The van der Waals surface area contributed by atoms with Crippen LogP contribution in [-0.2, 0) is 0 Å². The van der Waals surface area contributed by atoms with Crippen LogP contribution in [0.1, 0.15) is 0 Å². The second-order valence-corrected chi connectivity index (χ2v) is 10.7. The van der Waals surface area contributed by atoms with E-state index in [2.05, 4.69) is 91.0 Å². The maximum absolute atomic E-state index is 7.45. The zero-order chi connectivity index (χ0) is 16.4. The minimum atomic E-state index is -2.52. The second kappa shape index (κ2) is 6.27. The smallest absolute Gasteiger partial charge is 0.149 e. The highest BCUT2D eigenvalue weighted by Crippen LogP contribution is 2.17. The van der Waals surface area contributed by atoms with Crippen molar-refractivity contribution in [3.63, 3.8) is 0 Å². The van der Waals surface area contributed by atoms with Crippen LogP contribution in [0.15, 0.2) is 103 Å². The van der Waals surface area contributed by atoms with Crippen molar-refractivity contribution in [1.82, 2.24) is 0 Å². The summed E-state index contributed by atoms with van der Waals surface area (Å²) in [5.74, 6) is 0. The first kappa shape index (κ1) is 15.2. The van der Waals surface area contributed by atoms with E-state index in [1.165, 1.54) is 26.3 Å². The lowest BCUT2D eigenvalue weighted by Crippen LogP contribution is -2.62. The molecule has 0 bridgehead atoms. The maximum atomic E-state index is 7.45. The summed E-state index contributed by atoms with van der Waals surface area (Å²) in [6, 6.07) is 36.1. The van der Waals surface area contributed by atoms with Crippen LogP contribution in [0.25, 0.3) is 10.8 Å². The van der Waals surface area contributed by atoms with Crippen molar-refractivity contribution in [1.29, 1.82) is 0 Å². The predicted molar refractivity (Wildman–Crippen MR) is 107 cm³/mol. The molecule has 0 aliphatic carbocycles. The number of halogens is 1. The second-order valence-electron chi connectivity index (χ2n) is 5.95. The predicted octanol–water partition coefficient (Wildman–Crippen LogP) is 4.05. The minimum Gasteiger partial charge on any atom is -0.149 e. The molecule has 0 amide bonds. The van der Waals surface area contributed by atoms with Crippen molar-refractivity contribution in [3.8, 4) is 0 Å². The van der Waals surface area contributed by atoms with Crippen molar-refractivity contribution in [2.24, 2.45) is 0 Å². The number of hydrogen-bond acceptors (Lipinski definition) is 0. The highest BCUT2D eigenvalue weighted by Gasteiger charge is 2.37. The van der Waals surface area contributed by atoms with E-state index in [4.69, 9.17) is 11.1 Å². The molecule has 0 heterocycles. The summed E-state index contributed by atoms with van der Waals surface area (Å²) in [5, 5.41) is 6.14. The Morgan fingerprint density at radius 1 is 0.458 bits per heavy atom. The van der Waals surface area contributed by atoms with Gasteiger partial charge in [-0.1, -0.05) is 103 Å². The summed E-state index contributed by atoms with van der Waals surface area (Å²) in [7, 11) is -2.52. The Kier molecular flexibility index (Phi) is 3.97. The summed E-state index contributed by atoms with van der Waals surface area (Å²) < 4.78 is 0. The molecular weight excluding hydrogens is 328 g/mol. The van der Waals surface area contributed by atoms with E-state index in [-0.39, 0.29) is 0 Å². The molecule has 0 saturated heterocycles. The van der Waals surface area contributed by atoms with Crippen LogP contribution >= 0.6 is 11.1 Å². The van der Waals surface area contributed by atoms with Crippen LogP contribution in [0, 0.1) is 0 Å². The Morgan fingerprint density at radius 2 is 0.958 bits per heavy atom. The molecule has 4 rings (SSSR count). The summed E-state index contributed by atoms with van der Waals surface area (Å²) in [6.45, 7) is 0. The first-order valence-electron chi connectivity index (χ1n) is 8.08. The van der Waals surface area contributed by atoms with Gasteiger partial charge in [-0.3, -0.25) is 0 Å². The Bertz CT molecular complexity index is 925. The third-order valence-electron chi connectivity index (χ3n) is 4.49. The van der Waals surface area contributed by atoms with Gasteiger partial charge in [0, 0.05) is 0 Å². The summed E-state index contributed by atoms with van der Waals surface area (Å²) in [6.07, 6.45) is 0. The lowest BCUT2D eigenvalue weighted by atomic mass is 10.1. The minimum absolute atomic E-state index is 1.22. The van der Waals surface area contributed by atoms with Crippen LogP contribution in [0.3, 0.4) is 0 Å². The molecule has 0 saturated carbocycles. The van der Waals surface area contributed by atoms with Gasteiger partial charge in [-0.25, -0.2) is 0 Å². The SMILES string of the molecule is Cl[Si](c1ccccc1)(c1ccccc1)c1ccc2ccccc2c1. The van der Waals surface area contributed by atoms with Crippen LogP contribution in [0.2, 0.25) is 0 Å². The third-order valence-corrected chi connectivity index (χ3v) is 9.82. The molecule has 0 aromatic heterocycles. The average Bonchev–Trinajstić information content (AvgIpc) is 2.68. The van der Waals surface area contributed by atoms with E-state index in [1.54, 1.807) is 0 Å². The molecule has 4 aromatic carbocycles. The summed E-state index contributed by atoms with van der Waals surface area (Å²) in [5.41, 5.74) is 0. The van der Waals surface area contributed by atoms with Gasteiger partial charge in [-0.15, -0.1) is 11.1 Å². The molecule has 0 nitrogen and oxygen atoms in total. The maximum Gasteiger partial charge on any atom is 0.247 e. The van der Waals surface area contributed by atoms with Crippen LogP contribution < -0.4 is 15.6 Å². The standard InChI is InChI=1S/C22H17ClSi/c23-24(20-11-3-1-4-12-20,21-13-5-2-6-14-21)22-16-15-18-9-7-8-10-19(18)17-22/h1-17H. The molecule has 0 aliphatic heterocycles. The quantitative estimate of drug-likeness (QED) is 0.299. The van der Waals surface area contributed by atoms with Crippen LogP contribution in [0.5, 0.6) is 0 Å². The zero-order valence-electron chi connectivity index (χ0n) is 13.2. The molecule has 2 heteroatoms. The molecule has 4 aromatic rings. The number of hydrogen-bond donors (Lipinski definition) is 0. The van der Waals surface area contributed by atoms with E-state index in [0.29, 0.717) is 0 Å². The van der Waals surface area contributed by atoms with Crippen LogP contribution in [0.4, 0.5) is 0 Å². The molecule has 0 atom stereocenters. The normalized spacial score (nSPS) is 11.5. The van der Waals surface area contributed by atoms with Gasteiger partial charge in [0.1, 0.15) is 0 Å². The molecule has 24 heavy (non-hydrogen) atoms. The number of rotatable bonds is 3. The Balaban J connectivity index is 1.98. The number of benzene rings is 4. The zero-order valence-corrected chi connectivity index (χ0v) is 14.9. The summed E-state index contributed by atoms with van der Waals surface area (Å²) in [4.78, 5) is 0. The van der Waals surface area contributed by atoms with E-state index >= 15 is 0 Å². The van der Waals surface area contributed by atoms with Gasteiger partial charge in [0.15, 0.2) is 0 Å². The molecule has 0 N–H and O–H groups in total. The fraction of sp³-hybridized carbons (Fsp3) is 0. The Labute approximate surface area is 148 Å². The van der Waals surface area contributed by atoms with Gasteiger partial charge in [-0.2, -0.15) is 0 Å². The summed E-state index contributed by atoms with van der Waals surface area (Å²) >= 11 is 7.45. The molecule has 116 valence electrons. The molecule has 0 unspecified atom stereocenters. The topological polar surface area (TPSA) is 0 Å². The number of fused-ring (bicyclic) bond motifs is 1. The van der Waals surface area contributed by atoms with Crippen molar-refractivity contribution in [3.05, 3.63) is 103 Å². The van der Waals surface area contributed by atoms with Crippen LogP contribution in [-0.4, -0.2) is 7.38 Å². The van der Waals surface area contributed by atoms with Crippen molar-refractivity contribution >= 4 is 44.8 Å². The van der Waals surface area contributed by atoms with Crippen molar-refractivity contribution < 1.29 is 0 Å². The van der Waals surface area contributed by atoms with E-state index in [0.717, 1.165) is 0 Å². The van der Waals surface area contributed by atoms with Gasteiger partial charge in [0.25, 0.3) is 0 Å². The molecule has 0 aliphatic rings. The van der Waals surface area contributed by atoms with Gasteiger partial charge in [0.05, 0.1) is 0 Å². The highest BCUT2D eigenvalue weighted by atomic mass is 35.6. The van der Waals surface area contributed by atoms with E-state index in [9.17, 15) is 0 Å². The molecule has 0 radical (unpaired) electrons. The first-order valence-corrected chi connectivity index (χ1v) is 11.1. The monoisotopic (exact) mass is 344 g/mol. The lowest BCUT2D eigenvalue weighted by molar-refractivity contribution is 1.71. The van der Waals surface area contributed by atoms with Crippen molar-refractivity contribution in [2.45, 2.75) is 0 Å². The Morgan fingerprint density at radius 3 is 1.54 bits per heavy atom. The third kappa shape index (κ3) is 2.56. The molecule has 0 spiro atoms. The average molecular weight is 345 g/mol. The van der Waals surface area contributed by atoms with Gasteiger partial charge >= 0.3 is 0 Å². The van der Waals surface area contributed by atoms with E-state index < -0.39 is 7.38 Å². The molecular formula is C22H17ClSi. The lowest BCUT2D eigenvalue weighted by Gasteiger charge is -2.26.